The molecule has 2 aromatic rings. The Morgan fingerprint density at radius 3 is 2.50 bits per heavy atom. The maximum atomic E-state index is 9.19. The Bertz CT molecular complexity index is 673. The standard InChI is InChI=1S/C15H27N5O3Si/c1-4-5-6-11-17-12-13(16)18-15(24(2)3)19-14(12)20(11)9-23-10(7-21)8-22/h10,21-22,24H,4-9H2,1-3H3,(H2,16,18,19). The van der Waals surface area contributed by atoms with E-state index >= 15 is 0 Å². The van der Waals surface area contributed by atoms with E-state index in [0.717, 1.165) is 30.5 Å². The third kappa shape index (κ3) is 4.10. The van der Waals surface area contributed by atoms with Gasteiger partial charge in [0.1, 0.15) is 32.9 Å². The summed E-state index contributed by atoms with van der Waals surface area (Å²) in [5.74, 6) is 1.23. The molecule has 0 saturated carbocycles. The largest absolute Gasteiger partial charge is 0.394 e. The molecular formula is C15H27N5O3Si. The number of anilines is 1. The highest BCUT2D eigenvalue weighted by molar-refractivity contribution is 6.69. The molecule has 0 atom stereocenters. The normalized spacial score (nSPS) is 12.0. The molecule has 8 nitrogen and oxygen atoms in total. The summed E-state index contributed by atoms with van der Waals surface area (Å²) >= 11 is 0. The van der Waals surface area contributed by atoms with Crippen LogP contribution in [0.15, 0.2) is 0 Å². The van der Waals surface area contributed by atoms with Gasteiger partial charge in [-0.2, -0.15) is 0 Å². The van der Waals surface area contributed by atoms with Gasteiger partial charge in [-0.05, 0) is 6.42 Å². The van der Waals surface area contributed by atoms with Crippen molar-refractivity contribution in [3.63, 3.8) is 0 Å². The van der Waals surface area contributed by atoms with Crippen LogP contribution in [0.1, 0.15) is 25.6 Å². The molecule has 0 spiro atoms. The number of aryl methyl sites for hydroxylation is 1. The van der Waals surface area contributed by atoms with Crippen molar-refractivity contribution in [2.24, 2.45) is 0 Å². The van der Waals surface area contributed by atoms with E-state index in [2.05, 4.69) is 35.0 Å². The lowest BCUT2D eigenvalue weighted by molar-refractivity contribution is -0.0495. The number of ether oxygens (including phenoxy) is 1. The average molecular weight is 353 g/mol. The lowest BCUT2D eigenvalue weighted by Gasteiger charge is -2.15. The van der Waals surface area contributed by atoms with Crippen LogP contribution in [-0.4, -0.2) is 57.8 Å². The predicted molar refractivity (Wildman–Crippen MR) is 95.9 cm³/mol. The summed E-state index contributed by atoms with van der Waals surface area (Å²) < 4.78 is 7.46. The minimum absolute atomic E-state index is 0.164. The van der Waals surface area contributed by atoms with Gasteiger partial charge in [-0.15, -0.1) is 0 Å². The first-order valence-corrected chi connectivity index (χ1v) is 11.3. The third-order valence-corrected chi connectivity index (χ3v) is 5.13. The van der Waals surface area contributed by atoms with Crippen molar-refractivity contribution >= 4 is 31.2 Å². The number of imidazole rings is 1. The number of rotatable bonds is 9. The fraction of sp³-hybridized carbons (Fsp3) is 0.667. The zero-order valence-corrected chi connectivity index (χ0v) is 15.7. The van der Waals surface area contributed by atoms with Crippen LogP contribution in [0.3, 0.4) is 0 Å². The molecule has 2 heterocycles. The van der Waals surface area contributed by atoms with E-state index in [1.54, 1.807) is 0 Å². The van der Waals surface area contributed by atoms with Gasteiger partial charge in [0.25, 0.3) is 0 Å². The van der Waals surface area contributed by atoms with Crippen molar-refractivity contribution < 1.29 is 14.9 Å². The lowest BCUT2D eigenvalue weighted by Crippen LogP contribution is -2.31. The minimum Gasteiger partial charge on any atom is -0.394 e. The van der Waals surface area contributed by atoms with Gasteiger partial charge in [0.05, 0.1) is 13.2 Å². The highest BCUT2D eigenvalue weighted by Crippen LogP contribution is 2.19. The van der Waals surface area contributed by atoms with Crippen molar-refractivity contribution in [1.29, 1.82) is 0 Å². The van der Waals surface area contributed by atoms with Crippen LogP contribution in [0, 0.1) is 0 Å². The van der Waals surface area contributed by atoms with E-state index in [-0.39, 0.29) is 19.9 Å². The van der Waals surface area contributed by atoms with Crippen LogP contribution in [0.5, 0.6) is 0 Å². The Morgan fingerprint density at radius 1 is 1.21 bits per heavy atom. The van der Waals surface area contributed by atoms with Crippen LogP contribution in [0.2, 0.25) is 13.1 Å². The number of fused-ring (bicyclic) bond motifs is 1. The number of aromatic nitrogens is 4. The molecule has 0 bridgehead atoms. The van der Waals surface area contributed by atoms with Gasteiger partial charge >= 0.3 is 0 Å². The highest BCUT2D eigenvalue weighted by atomic mass is 28.3. The summed E-state index contributed by atoms with van der Waals surface area (Å²) in [7, 11) is -1.21. The number of nitrogens with two attached hydrogens (primary N) is 1. The van der Waals surface area contributed by atoms with Gasteiger partial charge in [-0.25, -0.2) is 15.0 Å². The van der Waals surface area contributed by atoms with Crippen LogP contribution in [-0.2, 0) is 17.9 Å². The molecular weight excluding hydrogens is 326 g/mol. The van der Waals surface area contributed by atoms with Gasteiger partial charge in [0, 0.05) is 6.42 Å². The molecule has 0 aliphatic rings. The summed E-state index contributed by atoms with van der Waals surface area (Å²) in [6.45, 7) is 6.08. The molecule has 0 fully saturated rings. The monoisotopic (exact) mass is 353 g/mol. The van der Waals surface area contributed by atoms with E-state index in [1.807, 2.05) is 4.57 Å². The number of aliphatic hydroxyl groups excluding tert-OH is 2. The lowest BCUT2D eigenvalue weighted by atomic mass is 10.2. The van der Waals surface area contributed by atoms with Gasteiger partial charge in [-0.3, -0.25) is 4.57 Å². The smallest absolute Gasteiger partial charge is 0.167 e. The first kappa shape index (κ1) is 18.8. The van der Waals surface area contributed by atoms with E-state index in [0.29, 0.717) is 17.0 Å². The van der Waals surface area contributed by atoms with Crippen LogP contribution in [0.25, 0.3) is 11.2 Å². The van der Waals surface area contributed by atoms with Gasteiger partial charge in [0.15, 0.2) is 17.0 Å². The Morgan fingerprint density at radius 2 is 1.92 bits per heavy atom. The number of aliphatic hydroxyl groups is 2. The van der Waals surface area contributed by atoms with Crippen molar-refractivity contribution in [3.8, 4) is 0 Å². The SMILES string of the molecule is CCCCc1nc2c(N)nc([SiH](C)C)nc2n1COC(CO)CO. The van der Waals surface area contributed by atoms with Crippen LogP contribution < -0.4 is 11.2 Å². The van der Waals surface area contributed by atoms with Crippen LogP contribution >= 0.6 is 0 Å². The quantitative estimate of drug-likeness (QED) is 0.533. The molecule has 24 heavy (non-hydrogen) atoms. The van der Waals surface area contributed by atoms with E-state index in [4.69, 9.17) is 10.5 Å². The number of hydrogen-bond acceptors (Lipinski definition) is 7. The molecule has 134 valence electrons. The minimum atomic E-state index is -1.21. The summed E-state index contributed by atoms with van der Waals surface area (Å²) in [5, 5.41) is 18.4. The Labute approximate surface area is 143 Å². The molecule has 0 aliphatic carbocycles. The number of nitrogens with zero attached hydrogens (tertiary/aromatic N) is 4. The number of hydrogen-bond donors (Lipinski definition) is 3. The fourth-order valence-electron chi connectivity index (χ4n) is 2.35. The Kier molecular flexibility index (Phi) is 6.66. The van der Waals surface area contributed by atoms with Crippen molar-refractivity contribution in [3.05, 3.63) is 5.82 Å². The second-order valence-electron chi connectivity index (χ2n) is 6.14. The summed E-state index contributed by atoms with van der Waals surface area (Å²) in [4.78, 5) is 13.7. The molecule has 0 aromatic carbocycles. The van der Waals surface area contributed by atoms with Crippen molar-refractivity contribution in [2.45, 2.75) is 52.1 Å². The summed E-state index contributed by atoms with van der Waals surface area (Å²) in [5.41, 5.74) is 8.14. The van der Waals surface area contributed by atoms with E-state index in [9.17, 15) is 10.2 Å². The summed E-state index contributed by atoms with van der Waals surface area (Å²) in [6.07, 6.45) is 2.20. The molecule has 9 heteroatoms. The molecule has 2 aromatic heterocycles. The van der Waals surface area contributed by atoms with Crippen molar-refractivity contribution in [1.82, 2.24) is 19.5 Å². The predicted octanol–water partition coefficient (Wildman–Crippen LogP) is -0.228. The highest BCUT2D eigenvalue weighted by Gasteiger charge is 2.19. The molecule has 2 rings (SSSR count). The van der Waals surface area contributed by atoms with Gasteiger partial charge in [0.2, 0.25) is 0 Å². The number of unbranched alkanes of at least 4 members (excludes halogenated alkanes) is 1. The van der Waals surface area contributed by atoms with Crippen LogP contribution in [0.4, 0.5) is 5.82 Å². The molecule has 0 radical (unpaired) electrons. The van der Waals surface area contributed by atoms with Crippen molar-refractivity contribution in [2.75, 3.05) is 18.9 Å². The third-order valence-electron chi connectivity index (χ3n) is 3.83. The zero-order chi connectivity index (χ0) is 17.7. The molecule has 0 aliphatic heterocycles. The maximum absolute atomic E-state index is 9.19. The molecule has 0 unspecified atom stereocenters. The van der Waals surface area contributed by atoms with E-state index in [1.165, 1.54) is 0 Å². The summed E-state index contributed by atoms with van der Waals surface area (Å²) in [6, 6.07) is 0. The first-order chi connectivity index (χ1) is 11.5. The molecule has 4 N–H and O–H groups in total. The zero-order valence-electron chi connectivity index (χ0n) is 14.6. The molecule has 0 amide bonds. The molecule has 0 saturated heterocycles. The Hall–Kier alpha value is -1.55. The van der Waals surface area contributed by atoms with E-state index < -0.39 is 14.9 Å². The first-order valence-electron chi connectivity index (χ1n) is 8.37. The topological polar surface area (TPSA) is 119 Å². The second kappa shape index (κ2) is 8.52. The average Bonchev–Trinajstić information content (AvgIpc) is 2.92. The maximum Gasteiger partial charge on any atom is 0.167 e. The van der Waals surface area contributed by atoms with Gasteiger partial charge < -0.3 is 20.7 Å². The Balaban J connectivity index is 2.45. The fourth-order valence-corrected chi connectivity index (χ4v) is 3.12. The van der Waals surface area contributed by atoms with Gasteiger partial charge in [-0.1, -0.05) is 26.4 Å². The second-order valence-corrected chi connectivity index (χ2v) is 8.96. The number of nitrogen functional groups attached to an aromatic ring is 1.